The van der Waals surface area contributed by atoms with Gasteiger partial charge in [0.05, 0.1) is 18.1 Å². The van der Waals surface area contributed by atoms with Crippen molar-refractivity contribution in [2.45, 2.75) is 26.3 Å². The Labute approximate surface area is 101 Å². The monoisotopic (exact) mass is 231 g/mol. The Morgan fingerprint density at radius 3 is 3.00 bits per heavy atom. The van der Waals surface area contributed by atoms with Crippen LogP contribution in [0.2, 0.25) is 0 Å². The van der Waals surface area contributed by atoms with Crippen LogP contribution in [0.15, 0.2) is 35.1 Å². The molecule has 3 N–H and O–H groups in total. The number of nitrogens with one attached hydrogen (secondary N) is 1. The van der Waals surface area contributed by atoms with Crippen molar-refractivity contribution in [3.8, 4) is 0 Å². The van der Waals surface area contributed by atoms with Gasteiger partial charge in [-0.25, -0.2) is 4.98 Å². The zero-order chi connectivity index (χ0) is 12.3. The second-order valence-corrected chi connectivity index (χ2v) is 4.26. The first-order valence-corrected chi connectivity index (χ1v) is 5.66. The highest BCUT2D eigenvalue weighted by atomic mass is 16.3. The molecule has 0 radical (unpaired) electrons. The average Bonchev–Trinajstić information content (AvgIpc) is 2.76. The molecule has 4 heteroatoms. The lowest BCUT2D eigenvalue weighted by atomic mass is 10.2. The summed E-state index contributed by atoms with van der Waals surface area (Å²) in [5.41, 5.74) is 7.48. The topological polar surface area (TPSA) is 64.1 Å². The van der Waals surface area contributed by atoms with Crippen molar-refractivity contribution in [2.75, 3.05) is 11.1 Å². The minimum atomic E-state index is 0.261. The van der Waals surface area contributed by atoms with Crippen molar-refractivity contribution in [1.82, 2.24) is 4.98 Å². The molecule has 17 heavy (non-hydrogen) atoms. The van der Waals surface area contributed by atoms with Gasteiger partial charge in [-0.3, -0.25) is 0 Å². The molecule has 4 nitrogen and oxygen atoms in total. The molecule has 0 aliphatic carbocycles. The Balaban J connectivity index is 1.98. The van der Waals surface area contributed by atoms with Gasteiger partial charge in [0.25, 0.3) is 0 Å². The molecule has 0 aliphatic heterocycles. The van der Waals surface area contributed by atoms with E-state index in [4.69, 9.17) is 10.2 Å². The number of nitrogens with zero attached hydrogens (tertiary/aromatic N) is 1. The van der Waals surface area contributed by atoms with Gasteiger partial charge in [0.1, 0.15) is 11.6 Å². The SMILES string of the molecule is Cc1cc(NC(C)Cc2ccco2)ncc1N. The summed E-state index contributed by atoms with van der Waals surface area (Å²) in [5, 5.41) is 3.32. The van der Waals surface area contributed by atoms with E-state index in [1.165, 1.54) is 0 Å². The molecule has 90 valence electrons. The van der Waals surface area contributed by atoms with Gasteiger partial charge >= 0.3 is 0 Å². The normalized spacial score (nSPS) is 12.4. The average molecular weight is 231 g/mol. The summed E-state index contributed by atoms with van der Waals surface area (Å²) >= 11 is 0. The van der Waals surface area contributed by atoms with Gasteiger partial charge in [-0.2, -0.15) is 0 Å². The zero-order valence-corrected chi connectivity index (χ0v) is 10.1. The highest BCUT2D eigenvalue weighted by Gasteiger charge is 2.06. The summed E-state index contributed by atoms with van der Waals surface area (Å²) in [5.74, 6) is 1.81. The predicted octanol–water partition coefficient (Wildman–Crippen LogP) is 2.61. The van der Waals surface area contributed by atoms with E-state index in [2.05, 4.69) is 17.2 Å². The number of hydrogen-bond acceptors (Lipinski definition) is 4. The molecule has 0 bridgehead atoms. The Kier molecular flexibility index (Phi) is 3.32. The van der Waals surface area contributed by atoms with Crippen molar-refractivity contribution in [1.29, 1.82) is 0 Å². The van der Waals surface area contributed by atoms with Crippen molar-refractivity contribution < 1.29 is 4.42 Å². The van der Waals surface area contributed by atoms with Crippen LogP contribution >= 0.6 is 0 Å². The molecular formula is C13H17N3O. The number of pyridine rings is 1. The summed E-state index contributed by atoms with van der Waals surface area (Å²) in [6.45, 7) is 4.06. The Hall–Kier alpha value is -1.97. The second kappa shape index (κ2) is 4.91. The van der Waals surface area contributed by atoms with Crippen LogP contribution in [-0.4, -0.2) is 11.0 Å². The second-order valence-electron chi connectivity index (χ2n) is 4.26. The molecule has 0 saturated heterocycles. The smallest absolute Gasteiger partial charge is 0.126 e. The number of aromatic nitrogens is 1. The van der Waals surface area contributed by atoms with E-state index in [0.29, 0.717) is 5.69 Å². The van der Waals surface area contributed by atoms with Gasteiger partial charge < -0.3 is 15.5 Å². The fraction of sp³-hybridized carbons (Fsp3) is 0.308. The molecule has 2 aromatic rings. The Morgan fingerprint density at radius 1 is 1.53 bits per heavy atom. The van der Waals surface area contributed by atoms with E-state index in [1.54, 1.807) is 12.5 Å². The van der Waals surface area contributed by atoms with Crippen LogP contribution in [0, 0.1) is 6.92 Å². The molecule has 0 spiro atoms. The fourth-order valence-electron chi connectivity index (χ4n) is 1.68. The van der Waals surface area contributed by atoms with Gasteiger partial charge in [0.15, 0.2) is 0 Å². The quantitative estimate of drug-likeness (QED) is 0.849. The molecule has 2 heterocycles. The van der Waals surface area contributed by atoms with E-state index >= 15 is 0 Å². The molecule has 0 aromatic carbocycles. The number of furan rings is 1. The number of rotatable bonds is 4. The van der Waals surface area contributed by atoms with Crippen LogP contribution in [0.5, 0.6) is 0 Å². The lowest BCUT2D eigenvalue weighted by Gasteiger charge is -2.13. The van der Waals surface area contributed by atoms with Crippen molar-refractivity contribution in [3.05, 3.63) is 42.0 Å². The van der Waals surface area contributed by atoms with E-state index in [9.17, 15) is 0 Å². The molecule has 0 amide bonds. The number of aryl methyl sites for hydroxylation is 1. The summed E-state index contributed by atoms with van der Waals surface area (Å²) in [4.78, 5) is 4.24. The molecule has 0 fully saturated rings. The first-order chi connectivity index (χ1) is 8.15. The summed E-state index contributed by atoms with van der Waals surface area (Å²) in [6.07, 6.45) is 4.20. The van der Waals surface area contributed by atoms with Crippen LogP contribution in [0.3, 0.4) is 0 Å². The van der Waals surface area contributed by atoms with E-state index in [1.807, 2.05) is 25.1 Å². The maximum atomic E-state index is 5.72. The van der Waals surface area contributed by atoms with Gasteiger partial charge in [-0.1, -0.05) is 0 Å². The summed E-state index contributed by atoms with van der Waals surface area (Å²) in [7, 11) is 0. The summed E-state index contributed by atoms with van der Waals surface area (Å²) in [6, 6.07) is 6.08. The molecule has 2 rings (SSSR count). The van der Waals surface area contributed by atoms with Crippen molar-refractivity contribution in [3.63, 3.8) is 0 Å². The highest BCUT2D eigenvalue weighted by molar-refractivity contribution is 5.51. The van der Waals surface area contributed by atoms with Gasteiger partial charge in [0.2, 0.25) is 0 Å². The lowest BCUT2D eigenvalue weighted by molar-refractivity contribution is 0.497. The number of nitrogens with two attached hydrogens (primary N) is 1. The van der Waals surface area contributed by atoms with Crippen molar-refractivity contribution in [2.24, 2.45) is 0 Å². The third-order valence-electron chi connectivity index (χ3n) is 2.63. The minimum Gasteiger partial charge on any atom is -0.469 e. The fourth-order valence-corrected chi connectivity index (χ4v) is 1.68. The largest absolute Gasteiger partial charge is 0.469 e. The van der Waals surface area contributed by atoms with Crippen LogP contribution in [-0.2, 0) is 6.42 Å². The minimum absolute atomic E-state index is 0.261. The molecular weight excluding hydrogens is 214 g/mol. The Morgan fingerprint density at radius 2 is 2.35 bits per heavy atom. The first kappa shape index (κ1) is 11.5. The molecule has 2 aromatic heterocycles. The number of anilines is 2. The number of nitrogen functional groups attached to an aromatic ring is 1. The van der Waals surface area contributed by atoms with Gasteiger partial charge in [-0.05, 0) is 37.6 Å². The Bertz CT molecular complexity index is 479. The molecule has 1 unspecified atom stereocenters. The third kappa shape index (κ3) is 3.00. The van der Waals surface area contributed by atoms with Crippen LogP contribution < -0.4 is 11.1 Å². The maximum absolute atomic E-state index is 5.72. The van der Waals surface area contributed by atoms with Gasteiger partial charge in [0, 0.05) is 12.5 Å². The van der Waals surface area contributed by atoms with E-state index in [-0.39, 0.29) is 6.04 Å². The van der Waals surface area contributed by atoms with Crippen LogP contribution in [0.25, 0.3) is 0 Å². The predicted molar refractivity (Wildman–Crippen MR) is 68.9 cm³/mol. The van der Waals surface area contributed by atoms with Crippen molar-refractivity contribution >= 4 is 11.5 Å². The third-order valence-corrected chi connectivity index (χ3v) is 2.63. The molecule has 0 saturated carbocycles. The highest BCUT2D eigenvalue weighted by Crippen LogP contribution is 2.15. The van der Waals surface area contributed by atoms with E-state index < -0.39 is 0 Å². The van der Waals surface area contributed by atoms with Crippen LogP contribution in [0.1, 0.15) is 18.2 Å². The number of hydrogen-bond donors (Lipinski definition) is 2. The molecule has 1 atom stereocenters. The standard InChI is InChI=1S/C13H17N3O/c1-9-6-13(15-8-12(9)14)16-10(2)7-11-4-3-5-17-11/h3-6,8,10H,7,14H2,1-2H3,(H,15,16). The van der Waals surface area contributed by atoms with E-state index in [0.717, 1.165) is 23.6 Å². The molecule has 0 aliphatic rings. The van der Waals surface area contributed by atoms with Gasteiger partial charge in [-0.15, -0.1) is 0 Å². The lowest BCUT2D eigenvalue weighted by Crippen LogP contribution is -2.18. The maximum Gasteiger partial charge on any atom is 0.126 e. The van der Waals surface area contributed by atoms with Crippen LogP contribution in [0.4, 0.5) is 11.5 Å². The first-order valence-electron chi connectivity index (χ1n) is 5.66. The summed E-state index contributed by atoms with van der Waals surface area (Å²) < 4.78 is 5.30. The zero-order valence-electron chi connectivity index (χ0n) is 10.1.